The molecule has 1 aliphatic rings. The molecule has 0 saturated carbocycles. The van der Waals surface area contributed by atoms with E-state index in [0.29, 0.717) is 16.8 Å². The lowest BCUT2D eigenvalue weighted by atomic mass is 10.1. The Morgan fingerprint density at radius 3 is 2.26 bits per heavy atom. The molecule has 27 heavy (non-hydrogen) atoms. The van der Waals surface area contributed by atoms with Gasteiger partial charge in [-0.3, -0.25) is 29.1 Å². The van der Waals surface area contributed by atoms with E-state index in [9.17, 15) is 19.2 Å². The fraction of sp³-hybridized carbons (Fsp3) is 0.211. The maximum atomic E-state index is 12.2. The van der Waals surface area contributed by atoms with E-state index in [1.54, 1.807) is 42.6 Å². The topological polar surface area (TPSA) is 108 Å². The minimum atomic E-state index is -0.390. The van der Waals surface area contributed by atoms with Crippen LogP contribution in [0, 0.1) is 0 Å². The van der Waals surface area contributed by atoms with Gasteiger partial charge in [-0.15, -0.1) is 0 Å². The summed E-state index contributed by atoms with van der Waals surface area (Å²) in [5.74, 6) is -1.36. The summed E-state index contributed by atoms with van der Waals surface area (Å²) < 4.78 is 0. The van der Waals surface area contributed by atoms with Crippen molar-refractivity contribution in [3.05, 3.63) is 59.9 Å². The molecule has 1 aromatic heterocycles. The number of amides is 4. The van der Waals surface area contributed by atoms with Gasteiger partial charge in [-0.2, -0.15) is 0 Å². The van der Waals surface area contributed by atoms with Crippen LogP contribution >= 0.6 is 0 Å². The van der Waals surface area contributed by atoms with Gasteiger partial charge in [0.2, 0.25) is 11.8 Å². The SMILES string of the molecule is O=C(CCN1C(=O)c2ccccc2C1=O)NCCC(=O)Nc1cccnc1. The normalized spacial score (nSPS) is 12.7. The number of nitrogens with zero attached hydrogens (tertiary/aromatic N) is 2. The minimum Gasteiger partial charge on any atom is -0.356 e. The number of nitrogens with one attached hydrogen (secondary N) is 2. The molecule has 0 fully saturated rings. The summed E-state index contributed by atoms with van der Waals surface area (Å²) in [5.41, 5.74) is 1.30. The van der Waals surface area contributed by atoms with Crippen LogP contribution in [-0.4, -0.2) is 46.6 Å². The summed E-state index contributed by atoms with van der Waals surface area (Å²) >= 11 is 0. The molecule has 0 atom stereocenters. The first-order valence-corrected chi connectivity index (χ1v) is 8.48. The van der Waals surface area contributed by atoms with E-state index >= 15 is 0 Å². The smallest absolute Gasteiger partial charge is 0.261 e. The van der Waals surface area contributed by atoms with Gasteiger partial charge in [0, 0.05) is 32.1 Å². The molecule has 8 heteroatoms. The average molecular weight is 366 g/mol. The molecule has 4 amide bonds. The summed E-state index contributed by atoms with van der Waals surface area (Å²) in [5, 5.41) is 5.27. The average Bonchev–Trinajstić information content (AvgIpc) is 2.92. The van der Waals surface area contributed by atoms with E-state index in [1.165, 1.54) is 6.20 Å². The van der Waals surface area contributed by atoms with E-state index in [-0.39, 0.29) is 49.6 Å². The first-order chi connectivity index (χ1) is 13.1. The molecule has 2 aromatic rings. The van der Waals surface area contributed by atoms with Crippen LogP contribution in [0.25, 0.3) is 0 Å². The quantitative estimate of drug-likeness (QED) is 0.716. The number of carbonyl (C=O) groups is 4. The number of carbonyl (C=O) groups excluding carboxylic acids is 4. The number of hydrogen-bond donors (Lipinski definition) is 2. The second kappa shape index (κ2) is 8.22. The monoisotopic (exact) mass is 366 g/mol. The van der Waals surface area contributed by atoms with E-state index < -0.39 is 0 Å². The summed E-state index contributed by atoms with van der Waals surface area (Å²) in [7, 11) is 0. The van der Waals surface area contributed by atoms with Gasteiger partial charge in [0.05, 0.1) is 23.0 Å². The predicted octanol–water partition coefficient (Wildman–Crippen LogP) is 1.21. The van der Waals surface area contributed by atoms with Crippen molar-refractivity contribution in [3.8, 4) is 0 Å². The molecule has 0 saturated heterocycles. The van der Waals surface area contributed by atoms with Crippen molar-refractivity contribution in [1.82, 2.24) is 15.2 Å². The first-order valence-electron chi connectivity index (χ1n) is 8.48. The van der Waals surface area contributed by atoms with Crippen LogP contribution in [0.15, 0.2) is 48.8 Å². The van der Waals surface area contributed by atoms with Gasteiger partial charge in [0.1, 0.15) is 0 Å². The third-order valence-corrected chi connectivity index (χ3v) is 4.06. The Kier molecular flexibility index (Phi) is 5.55. The third kappa shape index (κ3) is 4.35. The van der Waals surface area contributed by atoms with Crippen molar-refractivity contribution in [2.45, 2.75) is 12.8 Å². The zero-order chi connectivity index (χ0) is 19.2. The van der Waals surface area contributed by atoms with Gasteiger partial charge < -0.3 is 10.6 Å². The zero-order valence-electron chi connectivity index (χ0n) is 14.5. The number of hydrogen-bond acceptors (Lipinski definition) is 5. The van der Waals surface area contributed by atoms with E-state index in [2.05, 4.69) is 15.6 Å². The molecule has 3 rings (SSSR count). The summed E-state index contributed by atoms with van der Waals surface area (Å²) in [6.45, 7) is 0.160. The van der Waals surface area contributed by atoms with Gasteiger partial charge in [-0.05, 0) is 24.3 Å². The molecular formula is C19H18N4O4. The number of imide groups is 1. The highest BCUT2D eigenvalue weighted by atomic mass is 16.2. The molecular weight excluding hydrogens is 348 g/mol. The Labute approximate surface area is 155 Å². The van der Waals surface area contributed by atoms with Crippen LogP contribution < -0.4 is 10.6 Å². The van der Waals surface area contributed by atoms with Crippen molar-refractivity contribution < 1.29 is 19.2 Å². The molecule has 1 aliphatic heterocycles. The number of fused-ring (bicyclic) bond motifs is 1. The lowest BCUT2D eigenvalue weighted by molar-refractivity contribution is -0.121. The molecule has 138 valence electrons. The molecule has 0 spiro atoms. The molecule has 0 unspecified atom stereocenters. The first kappa shape index (κ1) is 18.2. The summed E-state index contributed by atoms with van der Waals surface area (Å²) in [4.78, 5) is 53.1. The minimum absolute atomic E-state index is 0.0000607. The molecule has 8 nitrogen and oxygen atoms in total. The predicted molar refractivity (Wildman–Crippen MR) is 96.9 cm³/mol. The molecule has 2 heterocycles. The van der Waals surface area contributed by atoms with Gasteiger partial charge in [0.25, 0.3) is 11.8 Å². The van der Waals surface area contributed by atoms with Gasteiger partial charge in [-0.25, -0.2) is 0 Å². The van der Waals surface area contributed by atoms with Crippen molar-refractivity contribution in [2.75, 3.05) is 18.4 Å². The highest BCUT2D eigenvalue weighted by Crippen LogP contribution is 2.22. The van der Waals surface area contributed by atoms with Crippen LogP contribution in [0.1, 0.15) is 33.6 Å². The summed E-state index contributed by atoms with van der Waals surface area (Å²) in [6, 6.07) is 9.99. The van der Waals surface area contributed by atoms with Crippen LogP contribution in [-0.2, 0) is 9.59 Å². The van der Waals surface area contributed by atoms with Crippen LogP contribution in [0.4, 0.5) is 5.69 Å². The van der Waals surface area contributed by atoms with Crippen molar-refractivity contribution in [1.29, 1.82) is 0 Å². The maximum absolute atomic E-state index is 12.2. The zero-order valence-corrected chi connectivity index (χ0v) is 14.5. The maximum Gasteiger partial charge on any atom is 0.261 e. The molecule has 0 aliphatic carbocycles. The van der Waals surface area contributed by atoms with Crippen molar-refractivity contribution >= 4 is 29.3 Å². The van der Waals surface area contributed by atoms with Crippen LogP contribution in [0.5, 0.6) is 0 Å². The lowest BCUT2D eigenvalue weighted by Crippen LogP contribution is -2.35. The molecule has 2 N–H and O–H groups in total. The lowest BCUT2D eigenvalue weighted by Gasteiger charge is -2.13. The second-order valence-electron chi connectivity index (χ2n) is 5.95. The number of benzene rings is 1. The third-order valence-electron chi connectivity index (χ3n) is 4.06. The van der Waals surface area contributed by atoms with Gasteiger partial charge in [-0.1, -0.05) is 12.1 Å². The van der Waals surface area contributed by atoms with E-state index in [1.807, 2.05) is 0 Å². The molecule has 1 aromatic carbocycles. The number of anilines is 1. The summed E-state index contributed by atoms with van der Waals surface area (Å²) in [6.07, 6.45) is 3.21. The standard InChI is InChI=1S/C19H18N4O4/c24-16(21-10-7-17(25)22-13-4-3-9-20-12-13)8-11-23-18(26)14-5-1-2-6-15(14)19(23)27/h1-6,9,12H,7-8,10-11H2,(H,21,24)(H,22,25). The Balaban J connectivity index is 1.40. The Hall–Kier alpha value is -3.55. The fourth-order valence-corrected chi connectivity index (χ4v) is 2.72. The van der Waals surface area contributed by atoms with Crippen LogP contribution in [0.2, 0.25) is 0 Å². The number of pyridine rings is 1. The van der Waals surface area contributed by atoms with Crippen molar-refractivity contribution in [2.24, 2.45) is 0 Å². The van der Waals surface area contributed by atoms with Crippen molar-refractivity contribution in [3.63, 3.8) is 0 Å². The molecule has 0 radical (unpaired) electrons. The van der Waals surface area contributed by atoms with Crippen LogP contribution in [0.3, 0.4) is 0 Å². The second-order valence-corrected chi connectivity index (χ2v) is 5.95. The van der Waals surface area contributed by atoms with Gasteiger partial charge >= 0.3 is 0 Å². The fourth-order valence-electron chi connectivity index (χ4n) is 2.72. The Bertz CT molecular complexity index is 847. The van der Waals surface area contributed by atoms with E-state index in [0.717, 1.165) is 4.90 Å². The molecule has 0 bridgehead atoms. The largest absolute Gasteiger partial charge is 0.356 e. The highest BCUT2D eigenvalue weighted by molar-refractivity contribution is 6.21. The van der Waals surface area contributed by atoms with E-state index in [4.69, 9.17) is 0 Å². The van der Waals surface area contributed by atoms with Gasteiger partial charge in [0.15, 0.2) is 0 Å². The Morgan fingerprint density at radius 1 is 0.926 bits per heavy atom. The highest BCUT2D eigenvalue weighted by Gasteiger charge is 2.34. The Morgan fingerprint density at radius 2 is 1.63 bits per heavy atom. The number of aromatic nitrogens is 1. The number of rotatable bonds is 7.